The van der Waals surface area contributed by atoms with Crippen LogP contribution in [-0.4, -0.2) is 22.6 Å². The van der Waals surface area contributed by atoms with Crippen molar-refractivity contribution in [1.82, 2.24) is 0 Å². The minimum atomic E-state index is -4.16. The third-order valence-corrected chi connectivity index (χ3v) is 58.4. The van der Waals surface area contributed by atoms with Crippen LogP contribution in [0.4, 0.5) is 0 Å². The Labute approximate surface area is 97.7 Å². The van der Waals surface area contributed by atoms with Gasteiger partial charge in [0.1, 0.15) is 0 Å². The number of aliphatic carboxylic acids is 1. The zero-order chi connectivity index (χ0) is 12.7. The Hall–Kier alpha value is -0.671. The topological polar surface area (TPSA) is 71.4 Å². The fourth-order valence-electron chi connectivity index (χ4n) is 18.0. The van der Waals surface area contributed by atoms with Crippen molar-refractivity contribution in [2.45, 2.75) is 54.1 Å². The van der Waals surface area contributed by atoms with Gasteiger partial charge < -0.3 is 0 Å². The molecular formula is C14H12FeO4. The van der Waals surface area contributed by atoms with Gasteiger partial charge in [-0.3, -0.25) is 0 Å². The van der Waals surface area contributed by atoms with Crippen molar-refractivity contribution in [1.29, 1.82) is 0 Å². The first kappa shape index (κ1) is 7.37. The van der Waals surface area contributed by atoms with Gasteiger partial charge in [0.05, 0.1) is 0 Å². The summed E-state index contributed by atoms with van der Waals surface area (Å²) in [7, 11) is 0. The van der Waals surface area contributed by atoms with Crippen molar-refractivity contribution in [3.05, 3.63) is 0 Å². The maximum atomic E-state index is 12.8. The number of hydrogen-bond donors (Lipinski definition) is 1. The van der Waals surface area contributed by atoms with Gasteiger partial charge in [-0.15, -0.1) is 0 Å². The van der Waals surface area contributed by atoms with E-state index in [4.69, 9.17) is 0 Å². The van der Waals surface area contributed by atoms with Gasteiger partial charge in [-0.1, -0.05) is 0 Å². The minimum absolute atomic E-state index is 0.0837. The van der Waals surface area contributed by atoms with Gasteiger partial charge in [0.25, 0.3) is 0 Å². The van der Waals surface area contributed by atoms with Gasteiger partial charge in [-0.05, 0) is 0 Å². The molecule has 8 atom stereocenters. The normalized spacial score (nSPS) is 111. The molecule has 0 aromatic heterocycles. The molecule has 0 saturated carbocycles. The van der Waals surface area contributed by atoms with Crippen LogP contribution in [0.3, 0.4) is 0 Å². The van der Waals surface area contributed by atoms with Crippen molar-refractivity contribution < 1.29 is 26.0 Å². The van der Waals surface area contributed by atoms with Crippen LogP contribution in [0, 0.1) is 0 Å². The van der Waals surface area contributed by atoms with E-state index < -0.39 is 12.5 Å². The van der Waals surface area contributed by atoms with E-state index in [2.05, 4.69) is 0 Å². The molecule has 10 rings (SSSR count). The summed E-state index contributed by atoms with van der Waals surface area (Å²) < 4.78 is -0.585. The zero-order valence-corrected chi connectivity index (χ0v) is 11.2. The quantitative estimate of drug-likeness (QED) is 0.641. The molecule has 100 valence electrons. The number of rotatable bonds is 3. The van der Waals surface area contributed by atoms with Crippen LogP contribution in [0.15, 0.2) is 0 Å². The van der Waals surface area contributed by atoms with Gasteiger partial charge in [0.2, 0.25) is 0 Å². The number of ketones is 2. The fraction of sp³-hybridized carbons (Fsp3) is 0.786. The molecule has 0 amide bonds. The van der Waals surface area contributed by atoms with Crippen molar-refractivity contribution in [3.8, 4) is 0 Å². The Balaban J connectivity index is 1.62. The Morgan fingerprint density at radius 3 is 1.58 bits per heavy atom. The van der Waals surface area contributed by atoms with Gasteiger partial charge in [-0.2, -0.15) is 0 Å². The molecule has 8 unspecified atom stereocenters. The summed E-state index contributed by atoms with van der Waals surface area (Å²) in [5, 5.41) is 9.98. The number of carbonyl (C=O) groups excluding carboxylic acids is 2. The SMILES string of the molecule is CC(=O)C(=O)[C]12[CH]3[CH]4[CH]5[CH]1[Fe]45321678[CH]2[CH]1[CH]6[C]7(C(=O)O)[CH]28. The number of fused-ring (bicyclic) bond motifs is 10. The monoisotopic (exact) mass is 300 g/mol. The molecule has 10 saturated heterocycles. The molecule has 10 aliphatic heterocycles. The van der Waals surface area contributed by atoms with E-state index in [1.807, 2.05) is 0 Å². The van der Waals surface area contributed by atoms with Crippen LogP contribution in [-0.2, 0) is 20.9 Å². The number of hydrogen-bond acceptors (Lipinski definition) is 3. The van der Waals surface area contributed by atoms with Crippen LogP contribution >= 0.6 is 0 Å². The summed E-state index contributed by atoms with van der Waals surface area (Å²) in [5.74, 6) is -0.886. The first-order valence-electron chi connectivity index (χ1n) is 7.23. The molecule has 10 fully saturated rings. The van der Waals surface area contributed by atoms with Gasteiger partial charge in [0.15, 0.2) is 0 Å². The number of carbonyl (C=O) groups is 3. The van der Waals surface area contributed by atoms with Crippen LogP contribution in [0.25, 0.3) is 0 Å². The third kappa shape index (κ3) is 0.0699. The summed E-state index contributed by atoms with van der Waals surface area (Å²) in [4.78, 5) is 41.7. The molecule has 1 N–H and O–H groups in total. The second-order valence-corrected chi connectivity index (χ2v) is 34.2. The summed E-state index contributed by atoms with van der Waals surface area (Å²) in [6, 6.07) is 0. The second-order valence-electron chi connectivity index (χ2n) is 11.0. The van der Waals surface area contributed by atoms with E-state index in [1.165, 1.54) is 6.92 Å². The van der Waals surface area contributed by atoms with Gasteiger partial charge in [-0.25, -0.2) is 0 Å². The van der Waals surface area contributed by atoms with Crippen LogP contribution in [0.2, 0.25) is 47.2 Å². The molecule has 19 heavy (non-hydrogen) atoms. The number of Topliss-reactive ketones (excluding diaryl/α,β-unsaturated/α-hetero) is 2. The van der Waals surface area contributed by atoms with E-state index in [0.29, 0.717) is 19.3 Å². The molecule has 5 heteroatoms. The maximum absolute atomic E-state index is 12.8. The predicted octanol–water partition coefficient (Wildman–Crippen LogP) is 2.36. The van der Waals surface area contributed by atoms with Crippen LogP contribution in [0.5, 0.6) is 0 Å². The number of carboxylic acids is 1. The third-order valence-electron chi connectivity index (χ3n) is 15.8. The molecule has 0 aromatic carbocycles. The summed E-state index contributed by atoms with van der Waals surface area (Å²) in [6.45, 7) is -2.74. The molecule has 10 aliphatic rings. The Bertz CT molecular complexity index is 1190. The molecule has 0 aromatic rings. The van der Waals surface area contributed by atoms with E-state index in [-0.39, 0.29) is 20.2 Å². The molecule has 0 bridgehead atoms. The summed E-state index contributed by atoms with van der Waals surface area (Å²) in [5.41, 5.74) is 0. The average Bonchev–Trinajstić information content (AvgIpc) is 3.29. The summed E-state index contributed by atoms with van der Waals surface area (Å²) in [6.07, 6.45) is 0. The fourth-order valence-corrected chi connectivity index (χ4v) is 93.2. The van der Waals surface area contributed by atoms with Gasteiger partial charge >= 0.3 is 97.6 Å². The predicted molar refractivity (Wildman–Crippen MR) is 58.7 cm³/mol. The van der Waals surface area contributed by atoms with Crippen molar-refractivity contribution in [2.24, 2.45) is 0 Å². The Kier molecular flexibility index (Phi) is 0.225. The van der Waals surface area contributed by atoms with E-state index in [9.17, 15) is 19.5 Å². The van der Waals surface area contributed by atoms with E-state index in [0.717, 1.165) is 19.3 Å². The first-order valence-corrected chi connectivity index (χ1v) is 13.4. The summed E-state index contributed by atoms with van der Waals surface area (Å²) >= 11 is 0. The van der Waals surface area contributed by atoms with Gasteiger partial charge in [0, 0.05) is 0 Å². The first-order chi connectivity index (χ1) is 8.73. The van der Waals surface area contributed by atoms with E-state index >= 15 is 0 Å². The van der Waals surface area contributed by atoms with Crippen molar-refractivity contribution in [3.63, 3.8) is 0 Å². The molecule has 1 spiro atoms. The molecule has 0 aliphatic carbocycles. The zero-order valence-electron chi connectivity index (χ0n) is 10.1. The van der Waals surface area contributed by atoms with Crippen LogP contribution < -0.4 is 0 Å². The molecule has 10 heterocycles. The van der Waals surface area contributed by atoms with Crippen molar-refractivity contribution in [2.75, 3.05) is 0 Å². The Morgan fingerprint density at radius 1 is 0.895 bits per heavy atom. The second kappa shape index (κ2) is 0.579. The van der Waals surface area contributed by atoms with E-state index in [1.54, 1.807) is 0 Å². The number of carboxylic acid groups (broad SMARTS) is 1. The van der Waals surface area contributed by atoms with Crippen molar-refractivity contribution >= 4 is 17.5 Å². The molecule has 0 radical (unpaired) electrons. The Morgan fingerprint density at radius 2 is 1.32 bits per heavy atom. The molecule has 4 nitrogen and oxygen atoms in total. The average molecular weight is 300 g/mol. The van der Waals surface area contributed by atoms with Crippen LogP contribution in [0.1, 0.15) is 6.92 Å². The standard InChI is InChI=1S/C8H7O2.C6H5O2.Fe/c1-6(9)8(10)7-4-2-3-5-7;7-6(8)5-3-1-2-4-5;/h2-5H,1H3;1-4H,(H,7,8);. The molecular weight excluding hydrogens is 288 g/mol.